The predicted molar refractivity (Wildman–Crippen MR) is 85.1 cm³/mol. The molecule has 0 atom stereocenters. The average Bonchev–Trinajstić information content (AvgIpc) is 2.40. The molecule has 0 unspecified atom stereocenters. The van der Waals surface area contributed by atoms with Crippen molar-refractivity contribution in [2.45, 2.75) is 39.8 Å². The predicted octanol–water partition coefficient (Wildman–Crippen LogP) is 2.22. The van der Waals surface area contributed by atoms with E-state index in [1.165, 1.54) is 12.1 Å². The molecule has 0 amide bonds. The first-order chi connectivity index (χ1) is 10.3. The number of benzene rings is 1. The Balaban J connectivity index is 2.57. The van der Waals surface area contributed by atoms with Crippen LogP contribution in [0.2, 0.25) is 0 Å². The van der Waals surface area contributed by atoms with Crippen molar-refractivity contribution < 1.29 is 13.9 Å². The Bertz CT molecular complexity index is 524. The van der Waals surface area contributed by atoms with Crippen LogP contribution in [0.4, 0.5) is 4.39 Å². The summed E-state index contributed by atoms with van der Waals surface area (Å²) in [5.74, 6) is -0.166. The van der Waals surface area contributed by atoms with Crippen LogP contribution < -0.4 is 10.6 Å². The van der Waals surface area contributed by atoms with Crippen LogP contribution in [0.15, 0.2) is 29.3 Å². The number of carbonyl (C=O) groups excluding carboxylic acids is 1. The van der Waals surface area contributed by atoms with Gasteiger partial charge in [-0.15, -0.1) is 0 Å². The van der Waals surface area contributed by atoms with Crippen LogP contribution in [-0.4, -0.2) is 30.6 Å². The lowest BCUT2D eigenvalue weighted by atomic mass is 10.2. The normalized spacial score (nSPS) is 12.0. The third-order valence-electron chi connectivity index (χ3n) is 2.47. The van der Waals surface area contributed by atoms with Gasteiger partial charge in [0.05, 0.1) is 6.54 Å². The minimum atomic E-state index is -0.518. The number of carbonyl (C=O) groups is 1. The van der Waals surface area contributed by atoms with Crippen molar-refractivity contribution >= 4 is 11.9 Å². The van der Waals surface area contributed by atoms with Crippen molar-refractivity contribution in [1.82, 2.24) is 10.6 Å². The van der Waals surface area contributed by atoms with Gasteiger partial charge in [0.25, 0.3) is 0 Å². The highest BCUT2D eigenvalue weighted by Crippen LogP contribution is 2.06. The molecule has 0 saturated carbocycles. The van der Waals surface area contributed by atoms with Crippen molar-refractivity contribution in [3.05, 3.63) is 35.6 Å². The highest BCUT2D eigenvalue weighted by Gasteiger charge is 2.16. The van der Waals surface area contributed by atoms with Gasteiger partial charge in [0.1, 0.15) is 18.0 Å². The SMILES string of the molecule is CCNC(=NCc1cccc(F)c1)NCC(=O)OC(C)(C)C. The Morgan fingerprint density at radius 1 is 1.32 bits per heavy atom. The van der Waals surface area contributed by atoms with Crippen LogP contribution in [0.3, 0.4) is 0 Å². The third kappa shape index (κ3) is 7.61. The van der Waals surface area contributed by atoms with Gasteiger partial charge in [0.2, 0.25) is 0 Å². The van der Waals surface area contributed by atoms with E-state index in [1.54, 1.807) is 12.1 Å². The molecule has 0 saturated heterocycles. The second-order valence-electron chi connectivity index (χ2n) is 5.77. The number of guanidine groups is 1. The first kappa shape index (κ1) is 17.9. The zero-order chi connectivity index (χ0) is 16.6. The van der Waals surface area contributed by atoms with Crippen molar-refractivity contribution in [2.75, 3.05) is 13.1 Å². The number of esters is 1. The Hall–Kier alpha value is -2.11. The van der Waals surface area contributed by atoms with Crippen LogP contribution in [0.5, 0.6) is 0 Å². The maximum atomic E-state index is 13.1. The lowest BCUT2D eigenvalue weighted by Gasteiger charge is -2.20. The second kappa shape index (κ2) is 8.36. The molecule has 0 radical (unpaired) electrons. The fraction of sp³-hybridized carbons (Fsp3) is 0.500. The molecule has 2 N–H and O–H groups in total. The van der Waals surface area contributed by atoms with Crippen LogP contribution >= 0.6 is 0 Å². The van der Waals surface area contributed by atoms with Gasteiger partial charge in [-0.2, -0.15) is 0 Å². The van der Waals surface area contributed by atoms with E-state index in [9.17, 15) is 9.18 Å². The summed E-state index contributed by atoms with van der Waals surface area (Å²) in [5.41, 5.74) is 0.241. The van der Waals surface area contributed by atoms with E-state index < -0.39 is 5.60 Å². The molecule has 22 heavy (non-hydrogen) atoms. The molecule has 0 aliphatic carbocycles. The standard InChI is InChI=1S/C16H24FN3O2/c1-5-18-15(20-11-14(21)22-16(2,3)4)19-10-12-7-6-8-13(17)9-12/h6-9H,5,10-11H2,1-4H3,(H2,18,19,20). The van der Waals surface area contributed by atoms with E-state index in [2.05, 4.69) is 15.6 Å². The topological polar surface area (TPSA) is 62.7 Å². The number of nitrogens with zero attached hydrogens (tertiary/aromatic N) is 1. The third-order valence-corrected chi connectivity index (χ3v) is 2.47. The van der Waals surface area contributed by atoms with Crippen molar-refractivity contribution in [2.24, 2.45) is 4.99 Å². The number of hydrogen-bond acceptors (Lipinski definition) is 3. The Morgan fingerprint density at radius 2 is 2.05 bits per heavy atom. The Kier molecular flexibility index (Phi) is 6.82. The molecule has 6 heteroatoms. The molecule has 1 rings (SSSR count). The fourth-order valence-electron chi connectivity index (χ4n) is 1.68. The molecule has 0 bridgehead atoms. The van der Waals surface area contributed by atoms with E-state index in [1.807, 2.05) is 27.7 Å². The summed E-state index contributed by atoms with van der Waals surface area (Å²) in [5, 5.41) is 5.92. The van der Waals surface area contributed by atoms with Crippen LogP contribution in [-0.2, 0) is 16.1 Å². The molecule has 0 aliphatic heterocycles. The van der Waals surface area contributed by atoms with Gasteiger partial charge in [-0.1, -0.05) is 12.1 Å². The number of hydrogen-bond donors (Lipinski definition) is 2. The molecular weight excluding hydrogens is 285 g/mol. The molecule has 5 nitrogen and oxygen atoms in total. The molecule has 0 aliphatic rings. The monoisotopic (exact) mass is 309 g/mol. The van der Waals surface area contributed by atoms with Crippen LogP contribution in [0, 0.1) is 5.82 Å². The summed E-state index contributed by atoms with van der Waals surface area (Å²) < 4.78 is 18.3. The van der Waals surface area contributed by atoms with Gasteiger partial charge in [0, 0.05) is 6.54 Å². The molecule has 122 valence electrons. The summed E-state index contributed by atoms with van der Waals surface area (Å²) in [4.78, 5) is 16.0. The smallest absolute Gasteiger partial charge is 0.325 e. The van der Waals surface area contributed by atoms with Gasteiger partial charge >= 0.3 is 5.97 Å². The first-order valence-electron chi connectivity index (χ1n) is 7.28. The van der Waals surface area contributed by atoms with E-state index >= 15 is 0 Å². The maximum Gasteiger partial charge on any atom is 0.325 e. The minimum Gasteiger partial charge on any atom is -0.459 e. The largest absolute Gasteiger partial charge is 0.459 e. The zero-order valence-corrected chi connectivity index (χ0v) is 13.6. The number of halogens is 1. The molecule has 1 aromatic rings. The van der Waals surface area contributed by atoms with Gasteiger partial charge < -0.3 is 15.4 Å². The van der Waals surface area contributed by atoms with Crippen molar-refractivity contribution in [3.8, 4) is 0 Å². The summed E-state index contributed by atoms with van der Waals surface area (Å²) in [6.45, 7) is 8.36. The van der Waals surface area contributed by atoms with Crippen LogP contribution in [0.25, 0.3) is 0 Å². The second-order valence-corrected chi connectivity index (χ2v) is 5.77. The average molecular weight is 309 g/mol. The Morgan fingerprint density at radius 3 is 2.64 bits per heavy atom. The van der Waals surface area contributed by atoms with Crippen molar-refractivity contribution in [3.63, 3.8) is 0 Å². The number of rotatable bonds is 5. The lowest BCUT2D eigenvalue weighted by Crippen LogP contribution is -2.41. The zero-order valence-electron chi connectivity index (χ0n) is 13.6. The highest BCUT2D eigenvalue weighted by atomic mass is 19.1. The van der Waals surface area contributed by atoms with E-state index in [4.69, 9.17) is 4.74 Å². The lowest BCUT2D eigenvalue weighted by molar-refractivity contribution is -0.153. The van der Waals surface area contributed by atoms with Gasteiger partial charge in [-0.05, 0) is 45.4 Å². The molecule has 0 heterocycles. The first-order valence-corrected chi connectivity index (χ1v) is 7.28. The summed E-state index contributed by atoms with van der Waals surface area (Å²) in [6, 6.07) is 6.26. The van der Waals surface area contributed by atoms with Crippen LogP contribution in [0.1, 0.15) is 33.3 Å². The molecular formula is C16H24FN3O2. The van der Waals surface area contributed by atoms with Gasteiger partial charge in [0.15, 0.2) is 5.96 Å². The molecule has 0 fully saturated rings. The van der Waals surface area contributed by atoms with Gasteiger partial charge in [-0.3, -0.25) is 4.79 Å². The highest BCUT2D eigenvalue weighted by molar-refractivity contribution is 5.84. The van der Waals surface area contributed by atoms with E-state index in [-0.39, 0.29) is 18.3 Å². The number of aliphatic imine (C=N–C) groups is 1. The summed E-state index contributed by atoms with van der Waals surface area (Å²) in [6.07, 6.45) is 0. The number of nitrogens with one attached hydrogen (secondary N) is 2. The fourth-order valence-corrected chi connectivity index (χ4v) is 1.68. The maximum absolute atomic E-state index is 13.1. The van der Waals surface area contributed by atoms with Gasteiger partial charge in [-0.25, -0.2) is 9.38 Å². The van der Waals surface area contributed by atoms with Crippen molar-refractivity contribution in [1.29, 1.82) is 0 Å². The minimum absolute atomic E-state index is 0.0201. The molecule has 0 spiro atoms. The summed E-state index contributed by atoms with van der Waals surface area (Å²) in [7, 11) is 0. The summed E-state index contributed by atoms with van der Waals surface area (Å²) >= 11 is 0. The van der Waals surface area contributed by atoms with E-state index in [0.717, 1.165) is 5.56 Å². The quantitative estimate of drug-likeness (QED) is 0.497. The Labute approximate surface area is 131 Å². The number of ether oxygens (including phenoxy) is 1. The molecule has 1 aromatic carbocycles. The van der Waals surface area contributed by atoms with E-state index in [0.29, 0.717) is 19.0 Å². The molecule has 0 aromatic heterocycles.